The number of aryl methyl sites for hydroxylation is 1. The average molecular weight is 445 g/mol. The Bertz CT molecular complexity index is 1330. The third-order valence-corrected chi connectivity index (χ3v) is 4.90. The number of hydrogen-bond acceptors (Lipinski definition) is 8. The van der Waals surface area contributed by atoms with Crippen molar-refractivity contribution < 1.29 is 18.8 Å². The van der Waals surface area contributed by atoms with Crippen LogP contribution in [0, 0.1) is 11.3 Å². The molecule has 0 bridgehead atoms. The number of carbonyl (C=O) groups excluding carboxylic acids is 1. The lowest BCUT2D eigenvalue weighted by Crippen LogP contribution is -2.09. The number of rotatable bonds is 8. The molecule has 0 atom stereocenters. The third kappa shape index (κ3) is 4.70. The molecule has 0 saturated carbocycles. The molecule has 0 radical (unpaired) electrons. The average Bonchev–Trinajstić information content (AvgIpc) is 3.45. The van der Waals surface area contributed by atoms with E-state index in [9.17, 15) is 10.1 Å². The summed E-state index contributed by atoms with van der Waals surface area (Å²) in [6, 6.07) is 13.0. The molecule has 2 aromatic heterocycles. The van der Waals surface area contributed by atoms with E-state index in [1.807, 2.05) is 32.0 Å². The normalized spacial score (nSPS) is 11.0. The minimum atomic E-state index is -0.262. The second kappa shape index (κ2) is 9.53. The summed E-state index contributed by atoms with van der Waals surface area (Å²) in [6.45, 7) is 6.34. The number of esters is 1. The van der Waals surface area contributed by atoms with E-state index >= 15 is 0 Å². The van der Waals surface area contributed by atoms with Crippen LogP contribution in [0.2, 0.25) is 0 Å². The van der Waals surface area contributed by atoms with Gasteiger partial charge >= 0.3 is 5.97 Å². The first-order valence-electron chi connectivity index (χ1n) is 10.7. The lowest BCUT2D eigenvalue weighted by molar-refractivity contribution is -0.143. The van der Waals surface area contributed by atoms with E-state index in [0.717, 1.165) is 16.5 Å². The molecule has 0 fully saturated rings. The van der Waals surface area contributed by atoms with Gasteiger partial charge in [-0.15, -0.1) is 0 Å². The summed E-state index contributed by atoms with van der Waals surface area (Å²) < 4.78 is 17.9. The van der Waals surface area contributed by atoms with Crippen LogP contribution in [-0.4, -0.2) is 38.6 Å². The molecule has 0 unspecified atom stereocenters. The summed E-state index contributed by atoms with van der Waals surface area (Å²) in [7, 11) is 0. The monoisotopic (exact) mass is 445 g/mol. The molecular formula is C24H23N5O4. The van der Waals surface area contributed by atoms with E-state index in [-0.39, 0.29) is 18.5 Å². The maximum absolute atomic E-state index is 11.7. The molecule has 0 aliphatic carbocycles. The number of ether oxygens (including phenoxy) is 2. The highest BCUT2D eigenvalue weighted by Crippen LogP contribution is 2.30. The Morgan fingerprint density at radius 1 is 1.27 bits per heavy atom. The van der Waals surface area contributed by atoms with Crippen LogP contribution >= 0.6 is 0 Å². The van der Waals surface area contributed by atoms with Crippen LogP contribution < -0.4 is 4.74 Å². The van der Waals surface area contributed by atoms with Gasteiger partial charge in [-0.1, -0.05) is 17.3 Å². The largest absolute Gasteiger partial charge is 0.490 e. The van der Waals surface area contributed by atoms with Gasteiger partial charge in [-0.2, -0.15) is 15.3 Å². The zero-order valence-electron chi connectivity index (χ0n) is 18.6. The predicted molar refractivity (Wildman–Crippen MR) is 120 cm³/mol. The van der Waals surface area contributed by atoms with Crippen LogP contribution in [-0.2, 0) is 16.1 Å². The summed E-state index contributed by atoms with van der Waals surface area (Å²) in [5.41, 5.74) is 2.62. The summed E-state index contributed by atoms with van der Waals surface area (Å²) in [5.74, 6) is 0.948. The molecule has 0 N–H and O–H groups in total. The van der Waals surface area contributed by atoms with Crippen molar-refractivity contribution in [2.45, 2.75) is 39.8 Å². The van der Waals surface area contributed by atoms with Crippen LogP contribution in [0.4, 0.5) is 0 Å². The van der Waals surface area contributed by atoms with Crippen molar-refractivity contribution in [3.63, 3.8) is 0 Å². The molecular weight excluding hydrogens is 422 g/mol. The first kappa shape index (κ1) is 22.0. The Morgan fingerprint density at radius 3 is 2.88 bits per heavy atom. The highest BCUT2D eigenvalue weighted by molar-refractivity contribution is 5.93. The van der Waals surface area contributed by atoms with E-state index in [1.54, 1.807) is 36.0 Å². The number of benzene rings is 2. The fourth-order valence-corrected chi connectivity index (χ4v) is 3.46. The molecule has 168 valence electrons. The maximum atomic E-state index is 11.7. The van der Waals surface area contributed by atoms with Gasteiger partial charge in [0.25, 0.3) is 5.89 Å². The van der Waals surface area contributed by atoms with Gasteiger partial charge in [0.15, 0.2) is 0 Å². The minimum absolute atomic E-state index is 0.0448. The van der Waals surface area contributed by atoms with Gasteiger partial charge in [0.05, 0.1) is 43.0 Å². The van der Waals surface area contributed by atoms with Gasteiger partial charge in [-0.3, -0.25) is 9.48 Å². The Labute approximate surface area is 190 Å². The van der Waals surface area contributed by atoms with Gasteiger partial charge in [0, 0.05) is 16.5 Å². The molecule has 33 heavy (non-hydrogen) atoms. The molecule has 4 rings (SSSR count). The lowest BCUT2D eigenvalue weighted by atomic mass is 10.1. The number of fused-ring (bicyclic) bond motifs is 1. The number of nitrogens with zero attached hydrogens (tertiary/aromatic N) is 5. The van der Waals surface area contributed by atoms with Crippen molar-refractivity contribution in [2.24, 2.45) is 0 Å². The van der Waals surface area contributed by atoms with Crippen molar-refractivity contribution in [1.29, 1.82) is 5.26 Å². The first-order valence-corrected chi connectivity index (χ1v) is 10.7. The number of carbonyl (C=O) groups is 1. The molecule has 0 spiro atoms. The van der Waals surface area contributed by atoms with Crippen LogP contribution in [0.3, 0.4) is 0 Å². The Balaban J connectivity index is 1.62. The van der Waals surface area contributed by atoms with Crippen molar-refractivity contribution in [2.75, 3.05) is 6.61 Å². The Morgan fingerprint density at radius 2 is 2.12 bits per heavy atom. The highest BCUT2D eigenvalue weighted by atomic mass is 16.5. The van der Waals surface area contributed by atoms with Gasteiger partial charge in [-0.05, 0) is 45.0 Å². The fourth-order valence-electron chi connectivity index (χ4n) is 3.46. The van der Waals surface area contributed by atoms with E-state index in [4.69, 9.17) is 14.0 Å². The van der Waals surface area contributed by atoms with Crippen molar-refractivity contribution in [3.05, 3.63) is 48.2 Å². The first-order chi connectivity index (χ1) is 16.0. The molecule has 4 aromatic rings. The van der Waals surface area contributed by atoms with Crippen LogP contribution in [0.1, 0.15) is 32.8 Å². The van der Waals surface area contributed by atoms with Crippen molar-refractivity contribution >= 4 is 16.9 Å². The zero-order chi connectivity index (χ0) is 23.4. The third-order valence-electron chi connectivity index (χ3n) is 4.90. The van der Waals surface area contributed by atoms with E-state index in [2.05, 4.69) is 21.3 Å². The molecule has 0 aliphatic rings. The zero-order valence-corrected chi connectivity index (χ0v) is 18.6. The quantitative estimate of drug-likeness (QED) is 0.367. The van der Waals surface area contributed by atoms with E-state index in [1.165, 1.54) is 0 Å². The molecule has 9 nitrogen and oxygen atoms in total. The standard InChI is InChI=1S/C24H23N5O4/c1-4-31-22(30)10-11-29-20-7-5-6-18(19(20)14-26-29)23-27-24(33-28-23)16-8-9-21(32-15(2)3)17(12-16)13-25/h5-9,12,14-15H,4,10-11H2,1-3H3. The molecule has 0 saturated heterocycles. The van der Waals surface area contributed by atoms with Crippen molar-refractivity contribution in [3.8, 4) is 34.7 Å². The van der Waals surface area contributed by atoms with Gasteiger partial charge in [-0.25, -0.2) is 0 Å². The second-order valence-corrected chi connectivity index (χ2v) is 7.57. The predicted octanol–water partition coefficient (Wildman–Crippen LogP) is 4.37. The lowest BCUT2D eigenvalue weighted by Gasteiger charge is -2.11. The fraction of sp³-hybridized carbons (Fsp3) is 0.292. The molecule has 0 amide bonds. The Hall–Kier alpha value is -4.19. The maximum Gasteiger partial charge on any atom is 0.307 e. The van der Waals surface area contributed by atoms with Crippen molar-refractivity contribution in [1.82, 2.24) is 19.9 Å². The topological polar surface area (TPSA) is 116 Å². The highest BCUT2D eigenvalue weighted by Gasteiger charge is 2.17. The molecule has 2 heterocycles. The SMILES string of the molecule is CCOC(=O)CCn1ncc2c(-c3noc(-c4ccc(OC(C)C)c(C#N)c4)n3)cccc21. The van der Waals surface area contributed by atoms with Gasteiger partial charge < -0.3 is 14.0 Å². The van der Waals surface area contributed by atoms with E-state index < -0.39 is 0 Å². The number of aromatic nitrogens is 4. The summed E-state index contributed by atoms with van der Waals surface area (Å²) >= 11 is 0. The molecule has 2 aromatic carbocycles. The summed E-state index contributed by atoms with van der Waals surface area (Å²) in [5, 5.41) is 18.9. The second-order valence-electron chi connectivity index (χ2n) is 7.57. The molecule has 9 heteroatoms. The molecule has 0 aliphatic heterocycles. The van der Waals surface area contributed by atoms with Gasteiger partial charge in [0.1, 0.15) is 11.8 Å². The van der Waals surface area contributed by atoms with Crippen LogP contribution in [0.25, 0.3) is 33.7 Å². The van der Waals surface area contributed by atoms with Crippen LogP contribution in [0.15, 0.2) is 47.1 Å². The number of hydrogen-bond donors (Lipinski definition) is 0. The smallest absolute Gasteiger partial charge is 0.307 e. The van der Waals surface area contributed by atoms with E-state index in [0.29, 0.717) is 41.7 Å². The van der Waals surface area contributed by atoms with Crippen LogP contribution in [0.5, 0.6) is 5.75 Å². The summed E-state index contributed by atoms with van der Waals surface area (Å²) in [4.78, 5) is 16.2. The van der Waals surface area contributed by atoms with Gasteiger partial charge in [0.2, 0.25) is 5.82 Å². The summed E-state index contributed by atoms with van der Waals surface area (Å²) in [6.07, 6.45) is 1.91. The number of nitriles is 1. The Kier molecular flexibility index (Phi) is 6.36. The minimum Gasteiger partial charge on any atom is -0.490 e.